The molecule has 0 fully saturated rings. The van der Waals surface area contributed by atoms with Crippen molar-refractivity contribution in [1.29, 1.82) is 5.26 Å². The van der Waals surface area contributed by atoms with Crippen molar-refractivity contribution >= 4 is 5.69 Å². The van der Waals surface area contributed by atoms with Gasteiger partial charge in [0.25, 0.3) is 0 Å². The number of benzene rings is 1. The first-order chi connectivity index (χ1) is 8.70. The van der Waals surface area contributed by atoms with Gasteiger partial charge in [-0.2, -0.15) is 5.26 Å². The fourth-order valence-electron chi connectivity index (χ4n) is 1.63. The Morgan fingerprint density at radius 1 is 1.22 bits per heavy atom. The SMILES string of the molecule is N#Cc1nc(Cc2ccccc2)ccc1[N+](=O)[O-]. The number of aromatic nitrogens is 1. The molecule has 0 aliphatic rings. The van der Waals surface area contributed by atoms with E-state index in [-0.39, 0.29) is 11.4 Å². The number of rotatable bonds is 3. The molecule has 0 unspecified atom stereocenters. The highest BCUT2D eigenvalue weighted by Crippen LogP contribution is 2.17. The third-order valence-corrected chi connectivity index (χ3v) is 2.46. The van der Waals surface area contributed by atoms with E-state index < -0.39 is 4.92 Å². The van der Waals surface area contributed by atoms with Gasteiger partial charge in [-0.25, -0.2) is 4.98 Å². The minimum absolute atomic E-state index is 0.145. The van der Waals surface area contributed by atoms with Gasteiger partial charge in [-0.1, -0.05) is 30.3 Å². The third kappa shape index (κ3) is 2.50. The van der Waals surface area contributed by atoms with E-state index in [0.29, 0.717) is 12.1 Å². The van der Waals surface area contributed by atoms with E-state index in [1.807, 2.05) is 30.3 Å². The van der Waals surface area contributed by atoms with Crippen molar-refractivity contribution < 1.29 is 4.92 Å². The predicted octanol–water partition coefficient (Wildman–Crippen LogP) is 2.45. The minimum atomic E-state index is -0.599. The largest absolute Gasteiger partial charge is 0.305 e. The number of nitrogens with zero attached hydrogens (tertiary/aromatic N) is 3. The summed E-state index contributed by atoms with van der Waals surface area (Å²) < 4.78 is 0. The van der Waals surface area contributed by atoms with Crippen molar-refractivity contribution in [3.63, 3.8) is 0 Å². The zero-order valence-corrected chi connectivity index (χ0v) is 9.41. The summed E-state index contributed by atoms with van der Waals surface area (Å²) in [6.45, 7) is 0. The molecular weight excluding hydrogens is 230 g/mol. The molecule has 0 aliphatic carbocycles. The lowest BCUT2D eigenvalue weighted by Gasteiger charge is -2.01. The fraction of sp³-hybridized carbons (Fsp3) is 0.0769. The van der Waals surface area contributed by atoms with E-state index in [1.165, 1.54) is 6.07 Å². The van der Waals surface area contributed by atoms with Crippen LogP contribution in [0.15, 0.2) is 42.5 Å². The summed E-state index contributed by atoms with van der Waals surface area (Å²) in [4.78, 5) is 14.1. The Labute approximate surface area is 103 Å². The van der Waals surface area contributed by atoms with Crippen LogP contribution in [0.1, 0.15) is 17.0 Å². The highest BCUT2D eigenvalue weighted by atomic mass is 16.6. The van der Waals surface area contributed by atoms with Gasteiger partial charge in [0, 0.05) is 18.2 Å². The molecule has 1 aromatic carbocycles. The fourth-order valence-corrected chi connectivity index (χ4v) is 1.63. The standard InChI is InChI=1S/C13H9N3O2/c14-9-12-13(16(17)18)7-6-11(15-12)8-10-4-2-1-3-5-10/h1-7H,8H2. The zero-order chi connectivity index (χ0) is 13.0. The van der Waals surface area contributed by atoms with E-state index in [9.17, 15) is 10.1 Å². The maximum absolute atomic E-state index is 10.7. The van der Waals surface area contributed by atoms with Crippen molar-refractivity contribution in [3.8, 4) is 6.07 Å². The minimum Gasteiger partial charge on any atom is -0.258 e. The Balaban J connectivity index is 2.32. The molecule has 0 aliphatic heterocycles. The Bertz CT molecular complexity index is 618. The number of nitriles is 1. The average Bonchev–Trinajstić information content (AvgIpc) is 2.39. The van der Waals surface area contributed by atoms with E-state index in [1.54, 1.807) is 12.1 Å². The molecule has 2 rings (SSSR count). The summed E-state index contributed by atoms with van der Waals surface area (Å²) in [5.74, 6) is 0. The number of hydrogen-bond acceptors (Lipinski definition) is 4. The molecule has 2 aromatic rings. The van der Waals surface area contributed by atoms with E-state index in [4.69, 9.17) is 5.26 Å². The number of nitro groups is 1. The molecule has 5 nitrogen and oxygen atoms in total. The Morgan fingerprint density at radius 3 is 2.56 bits per heavy atom. The molecule has 0 radical (unpaired) electrons. The van der Waals surface area contributed by atoms with Crippen LogP contribution >= 0.6 is 0 Å². The van der Waals surface area contributed by atoms with E-state index in [0.717, 1.165) is 5.56 Å². The Morgan fingerprint density at radius 2 is 1.94 bits per heavy atom. The van der Waals surface area contributed by atoms with Crippen LogP contribution in [0.3, 0.4) is 0 Å². The first-order valence-electron chi connectivity index (χ1n) is 5.29. The van der Waals surface area contributed by atoms with Crippen LogP contribution < -0.4 is 0 Å². The van der Waals surface area contributed by atoms with Gasteiger partial charge in [0.1, 0.15) is 6.07 Å². The van der Waals surface area contributed by atoms with Gasteiger partial charge in [0.2, 0.25) is 5.69 Å². The van der Waals surface area contributed by atoms with Crippen molar-refractivity contribution in [2.24, 2.45) is 0 Å². The molecule has 88 valence electrons. The van der Waals surface area contributed by atoms with Crippen molar-refractivity contribution in [2.75, 3.05) is 0 Å². The molecule has 0 saturated heterocycles. The van der Waals surface area contributed by atoms with Gasteiger partial charge in [0.15, 0.2) is 0 Å². The molecule has 5 heteroatoms. The van der Waals surface area contributed by atoms with Gasteiger partial charge < -0.3 is 0 Å². The molecule has 0 amide bonds. The smallest absolute Gasteiger partial charge is 0.258 e. The van der Waals surface area contributed by atoms with Gasteiger partial charge in [-0.15, -0.1) is 0 Å². The van der Waals surface area contributed by atoms with Crippen LogP contribution in [0.2, 0.25) is 0 Å². The first kappa shape index (κ1) is 11.7. The summed E-state index contributed by atoms with van der Waals surface area (Å²) in [6, 6.07) is 14.3. The molecule has 0 bridgehead atoms. The van der Waals surface area contributed by atoms with Gasteiger partial charge in [-0.05, 0) is 11.6 Å². The molecule has 1 heterocycles. The lowest BCUT2D eigenvalue weighted by Crippen LogP contribution is -1.99. The molecule has 18 heavy (non-hydrogen) atoms. The van der Waals surface area contributed by atoms with Crippen LogP contribution in [0.5, 0.6) is 0 Å². The number of pyridine rings is 1. The van der Waals surface area contributed by atoms with Crippen LogP contribution in [0.4, 0.5) is 5.69 Å². The molecule has 1 aromatic heterocycles. The van der Waals surface area contributed by atoms with Crippen LogP contribution in [0.25, 0.3) is 0 Å². The van der Waals surface area contributed by atoms with Crippen LogP contribution in [0, 0.1) is 21.4 Å². The second-order valence-corrected chi connectivity index (χ2v) is 3.70. The highest BCUT2D eigenvalue weighted by Gasteiger charge is 2.15. The maximum atomic E-state index is 10.7. The van der Waals surface area contributed by atoms with E-state index in [2.05, 4.69) is 4.98 Å². The summed E-state index contributed by atoms with van der Waals surface area (Å²) in [5, 5.41) is 19.5. The van der Waals surface area contributed by atoms with E-state index >= 15 is 0 Å². The lowest BCUT2D eigenvalue weighted by molar-refractivity contribution is -0.385. The Kier molecular flexibility index (Phi) is 3.30. The summed E-state index contributed by atoms with van der Waals surface area (Å²) in [7, 11) is 0. The van der Waals surface area contributed by atoms with Crippen molar-refractivity contribution in [1.82, 2.24) is 4.98 Å². The summed E-state index contributed by atoms with van der Waals surface area (Å²) >= 11 is 0. The van der Waals surface area contributed by atoms with Gasteiger partial charge in [0.05, 0.1) is 4.92 Å². The monoisotopic (exact) mass is 239 g/mol. The number of hydrogen-bond donors (Lipinski definition) is 0. The van der Waals surface area contributed by atoms with Crippen LogP contribution in [-0.2, 0) is 6.42 Å². The van der Waals surface area contributed by atoms with Crippen molar-refractivity contribution in [2.45, 2.75) is 6.42 Å². The summed E-state index contributed by atoms with van der Waals surface area (Å²) in [5.41, 5.74) is 1.29. The lowest BCUT2D eigenvalue weighted by atomic mass is 10.1. The topological polar surface area (TPSA) is 79.8 Å². The molecule has 0 N–H and O–H groups in total. The van der Waals surface area contributed by atoms with Gasteiger partial charge >= 0.3 is 5.69 Å². The van der Waals surface area contributed by atoms with Gasteiger partial charge in [-0.3, -0.25) is 10.1 Å². The molecule has 0 atom stereocenters. The predicted molar refractivity (Wildman–Crippen MR) is 64.9 cm³/mol. The zero-order valence-electron chi connectivity index (χ0n) is 9.41. The summed E-state index contributed by atoms with van der Waals surface area (Å²) in [6.07, 6.45) is 0.549. The Hall–Kier alpha value is -2.74. The first-order valence-corrected chi connectivity index (χ1v) is 5.29. The maximum Gasteiger partial charge on any atom is 0.305 e. The third-order valence-electron chi connectivity index (χ3n) is 2.46. The highest BCUT2D eigenvalue weighted by molar-refractivity contribution is 5.44. The average molecular weight is 239 g/mol. The molecule has 0 saturated carbocycles. The second kappa shape index (κ2) is 5.06. The van der Waals surface area contributed by atoms with Crippen molar-refractivity contribution in [3.05, 3.63) is 69.5 Å². The molecule has 0 spiro atoms. The second-order valence-electron chi connectivity index (χ2n) is 3.70. The van der Waals surface area contributed by atoms with Crippen LogP contribution in [-0.4, -0.2) is 9.91 Å². The molecular formula is C13H9N3O2. The quantitative estimate of drug-likeness (QED) is 0.608. The normalized spacial score (nSPS) is 9.72.